The zero-order chi connectivity index (χ0) is 14.4. The van der Waals surface area contributed by atoms with E-state index in [-0.39, 0.29) is 0 Å². The van der Waals surface area contributed by atoms with Gasteiger partial charge in [0, 0.05) is 23.9 Å². The third-order valence-electron chi connectivity index (χ3n) is 3.26. The summed E-state index contributed by atoms with van der Waals surface area (Å²) in [4.78, 5) is 9.11. The second-order valence-corrected chi connectivity index (χ2v) is 6.51. The number of aryl methyl sites for hydroxylation is 1. The monoisotopic (exact) mass is 311 g/mol. The first-order valence-corrected chi connectivity index (χ1v) is 8.43. The lowest BCUT2D eigenvalue weighted by Crippen LogP contribution is -2.27. The van der Waals surface area contributed by atoms with E-state index in [4.69, 9.17) is 11.6 Å². The van der Waals surface area contributed by atoms with Crippen LogP contribution < -0.4 is 5.32 Å². The fourth-order valence-corrected chi connectivity index (χ4v) is 3.15. The Kier molecular flexibility index (Phi) is 6.07. The topological polar surface area (TPSA) is 40.7 Å². The molecule has 0 bridgehead atoms. The van der Waals surface area contributed by atoms with Gasteiger partial charge in [0.15, 0.2) is 5.15 Å². The first kappa shape index (κ1) is 15.5. The highest BCUT2D eigenvalue weighted by molar-refractivity contribution is 7.09. The quantitative estimate of drug-likeness (QED) is 0.767. The highest BCUT2D eigenvalue weighted by Crippen LogP contribution is 2.15. The molecule has 0 aromatic carbocycles. The maximum atomic E-state index is 6.17. The number of halogens is 1. The SMILES string of the molecule is CCCCc1nc(Cl)c(CNC(C)Cc2cccs2)[nH]1. The zero-order valence-electron chi connectivity index (χ0n) is 12.1. The number of aromatic amines is 1. The zero-order valence-corrected chi connectivity index (χ0v) is 13.7. The van der Waals surface area contributed by atoms with Crippen molar-refractivity contribution in [1.82, 2.24) is 15.3 Å². The van der Waals surface area contributed by atoms with Crippen LogP contribution in [0.3, 0.4) is 0 Å². The Labute approximate surface area is 129 Å². The van der Waals surface area contributed by atoms with Gasteiger partial charge >= 0.3 is 0 Å². The normalized spacial score (nSPS) is 12.8. The molecule has 0 saturated carbocycles. The van der Waals surface area contributed by atoms with Crippen LogP contribution in [0.2, 0.25) is 5.15 Å². The molecule has 2 aromatic heterocycles. The van der Waals surface area contributed by atoms with Crippen LogP contribution in [0, 0.1) is 0 Å². The Morgan fingerprint density at radius 2 is 2.35 bits per heavy atom. The van der Waals surface area contributed by atoms with Gasteiger partial charge < -0.3 is 10.3 Å². The van der Waals surface area contributed by atoms with Gasteiger partial charge in [0.2, 0.25) is 0 Å². The Morgan fingerprint density at radius 1 is 1.50 bits per heavy atom. The van der Waals surface area contributed by atoms with E-state index in [1.165, 1.54) is 11.3 Å². The van der Waals surface area contributed by atoms with Gasteiger partial charge in [-0.25, -0.2) is 4.98 Å². The minimum Gasteiger partial charge on any atom is -0.344 e. The molecule has 0 aliphatic rings. The first-order valence-electron chi connectivity index (χ1n) is 7.18. The second kappa shape index (κ2) is 7.81. The number of rotatable bonds is 8. The lowest BCUT2D eigenvalue weighted by Gasteiger charge is -2.12. The predicted octanol–water partition coefficient (Wildman–Crippen LogP) is 4.19. The van der Waals surface area contributed by atoms with Gasteiger partial charge in [0.1, 0.15) is 5.82 Å². The van der Waals surface area contributed by atoms with Crippen molar-refractivity contribution in [2.75, 3.05) is 0 Å². The van der Waals surface area contributed by atoms with Crippen LogP contribution in [-0.2, 0) is 19.4 Å². The summed E-state index contributed by atoms with van der Waals surface area (Å²) in [5.74, 6) is 1.000. The average molecular weight is 312 g/mol. The number of nitrogens with one attached hydrogen (secondary N) is 2. The summed E-state index contributed by atoms with van der Waals surface area (Å²) >= 11 is 7.97. The minimum absolute atomic E-state index is 0.423. The lowest BCUT2D eigenvalue weighted by atomic mass is 10.2. The van der Waals surface area contributed by atoms with E-state index >= 15 is 0 Å². The van der Waals surface area contributed by atoms with Crippen LogP contribution >= 0.6 is 22.9 Å². The molecule has 1 unspecified atom stereocenters. The van der Waals surface area contributed by atoms with Crippen molar-refractivity contribution in [1.29, 1.82) is 0 Å². The van der Waals surface area contributed by atoms with Crippen molar-refractivity contribution in [3.63, 3.8) is 0 Å². The molecular weight excluding hydrogens is 290 g/mol. The van der Waals surface area contributed by atoms with Crippen molar-refractivity contribution in [3.8, 4) is 0 Å². The largest absolute Gasteiger partial charge is 0.344 e. The van der Waals surface area contributed by atoms with Crippen LogP contribution in [-0.4, -0.2) is 16.0 Å². The molecule has 5 heteroatoms. The molecule has 2 heterocycles. The third-order valence-corrected chi connectivity index (χ3v) is 4.47. The highest BCUT2D eigenvalue weighted by atomic mass is 35.5. The molecule has 3 nitrogen and oxygen atoms in total. The first-order chi connectivity index (χ1) is 9.69. The van der Waals surface area contributed by atoms with E-state index in [0.29, 0.717) is 11.2 Å². The molecule has 110 valence electrons. The summed E-state index contributed by atoms with van der Waals surface area (Å²) in [5, 5.41) is 6.22. The molecule has 0 aliphatic heterocycles. The van der Waals surface area contributed by atoms with Gasteiger partial charge in [-0.2, -0.15) is 0 Å². The predicted molar refractivity (Wildman–Crippen MR) is 86.5 cm³/mol. The van der Waals surface area contributed by atoms with Crippen molar-refractivity contribution >= 4 is 22.9 Å². The standard InChI is InChI=1S/C15H22ClN3S/c1-3-4-7-14-18-13(15(16)19-14)10-17-11(2)9-12-6-5-8-20-12/h5-6,8,11,17H,3-4,7,9-10H2,1-2H3,(H,18,19). The average Bonchev–Trinajstić information content (AvgIpc) is 3.04. The van der Waals surface area contributed by atoms with Gasteiger partial charge in [-0.3, -0.25) is 0 Å². The molecular formula is C15H22ClN3S. The second-order valence-electron chi connectivity index (χ2n) is 5.12. The molecule has 2 N–H and O–H groups in total. The van der Waals surface area contributed by atoms with Gasteiger partial charge in [-0.15, -0.1) is 11.3 Å². The van der Waals surface area contributed by atoms with Gasteiger partial charge in [0.25, 0.3) is 0 Å². The Hall–Kier alpha value is -0.840. The number of H-pyrrole nitrogens is 1. The maximum absolute atomic E-state index is 6.17. The van der Waals surface area contributed by atoms with Crippen LogP contribution in [0.4, 0.5) is 0 Å². The van der Waals surface area contributed by atoms with Crippen molar-refractivity contribution in [2.24, 2.45) is 0 Å². The molecule has 0 aliphatic carbocycles. The van der Waals surface area contributed by atoms with Gasteiger partial charge in [-0.1, -0.05) is 31.0 Å². The van der Waals surface area contributed by atoms with Crippen LogP contribution in [0.1, 0.15) is 43.1 Å². The smallest absolute Gasteiger partial charge is 0.151 e. The summed E-state index contributed by atoms with van der Waals surface area (Å²) in [7, 11) is 0. The van der Waals surface area contributed by atoms with E-state index in [9.17, 15) is 0 Å². The van der Waals surface area contributed by atoms with Crippen molar-refractivity contribution in [3.05, 3.63) is 39.1 Å². The van der Waals surface area contributed by atoms with E-state index in [0.717, 1.165) is 37.3 Å². The van der Waals surface area contributed by atoms with Crippen LogP contribution in [0.5, 0.6) is 0 Å². The molecule has 1 atom stereocenters. The van der Waals surface area contributed by atoms with Gasteiger partial charge in [0.05, 0.1) is 5.69 Å². The number of nitrogens with zero attached hydrogens (tertiary/aromatic N) is 1. The van der Waals surface area contributed by atoms with Crippen LogP contribution in [0.25, 0.3) is 0 Å². The van der Waals surface area contributed by atoms with E-state index < -0.39 is 0 Å². The lowest BCUT2D eigenvalue weighted by molar-refractivity contribution is 0.543. The molecule has 20 heavy (non-hydrogen) atoms. The minimum atomic E-state index is 0.423. The maximum Gasteiger partial charge on any atom is 0.151 e. The fraction of sp³-hybridized carbons (Fsp3) is 0.533. The Morgan fingerprint density at radius 3 is 3.05 bits per heavy atom. The number of hydrogen-bond acceptors (Lipinski definition) is 3. The van der Waals surface area contributed by atoms with E-state index in [1.54, 1.807) is 11.3 Å². The number of aromatic nitrogens is 2. The molecule has 0 spiro atoms. The fourth-order valence-electron chi connectivity index (χ4n) is 2.10. The summed E-state index contributed by atoms with van der Waals surface area (Å²) in [6.07, 6.45) is 4.34. The molecule has 2 rings (SSSR count). The van der Waals surface area contributed by atoms with Crippen molar-refractivity contribution < 1.29 is 0 Å². The van der Waals surface area contributed by atoms with Gasteiger partial charge in [-0.05, 0) is 31.2 Å². The van der Waals surface area contributed by atoms with Crippen LogP contribution in [0.15, 0.2) is 17.5 Å². The molecule has 0 fully saturated rings. The molecule has 0 saturated heterocycles. The summed E-state index contributed by atoms with van der Waals surface area (Å²) < 4.78 is 0. The number of thiophene rings is 1. The summed E-state index contributed by atoms with van der Waals surface area (Å²) in [6, 6.07) is 4.69. The Bertz CT molecular complexity index is 507. The molecule has 2 aromatic rings. The van der Waals surface area contributed by atoms with E-state index in [1.807, 2.05) is 0 Å². The third kappa shape index (κ3) is 4.62. The molecule has 0 amide bonds. The summed E-state index contributed by atoms with van der Waals surface area (Å²) in [6.45, 7) is 5.12. The number of imidazole rings is 1. The number of unbranched alkanes of at least 4 members (excludes halogenated alkanes) is 1. The summed E-state index contributed by atoms with van der Waals surface area (Å²) in [5.41, 5.74) is 0.996. The number of hydrogen-bond donors (Lipinski definition) is 2. The van der Waals surface area contributed by atoms with E-state index in [2.05, 4.69) is 46.6 Å². The highest BCUT2D eigenvalue weighted by Gasteiger charge is 2.10. The van der Waals surface area contributed by atoms with Crippen molar-refractivity contribution in [2.45, 2.75) is 52.1 Å². The Balaban J connectivity index is 1.82. The molecule has 0 radical (unpaired) electrons.